The highest BCUT2D eigenvalue weighted by Gasteiger charge is 2.27. The second-order valence-electron chi connectivity index (χ2n) is 9.73. The Morgan fingerprint density at radius 3 is 2.73 bits per heavy atom. The van der Waals surface area contributed by atoms with Crippen molar-refractivity contribution in [3.63, 3.8) is 0 Å². The molecule has 208 valence electrons. The van der Waals surface area contributed by atoms with E-state index >= 15 is 0 Å². The third-order valence-corrected chi connectivity index (χ3v) is 6.97. The van der Waals surface area contributed by atoms with Gasteiger partial charge in [-0.05, 0) is 38.8 Å². The number of piperidine rings is 1. The molecule has 3 aromatic heterocycles. The first-order chi connectivity index (χ1) is 19.3. The number of benzene rings is 1. The van der Waals surface area contributed by atoms with Crippen molar-refractivity contribution in [2.24, 2.45) is 5.73 Å². The van der Waals surface area contributed by atoms with Gasteiger partial charge in [-0.1, -0.05) is 24.1 Å². The van der Waals surface area contributed by atoms with Gasteiger partial charge in [0.1, 0.15) is 6.54 Å². The Kier molecular flexibility index (Phi) is 7.57. The number of nitrogens with zero attached hydrogens (tertiary/aromatic N) is 6. The van der Waals surface area contributed by atoms with Crippen molar-refractivity contribution in [1.82, 2.24) is 23.7 Å². The smallest absolute Gasteiger partial charge is 0.333 e. The molecule has 1 aromatic carbocycles. The van der Waals surface area contributed by atoms with Crippen LogP contribution in [0.5, 0.6) is 0 Å². The van der Waals surface area contributed by atoms with E-state index in [9.17, 15) is 14.4 Å². The molecular weight excluding hydrogens is 512 g/mol. The molecule has 1 aliphatic heterocycles. The van der Waals surface area contributed by atoms with Crippen molar-refractivity contribution in [3.8, 4) is 11.8 Å². The van der Waals surface area contributed by atoms with Crippen LogP contribution in [0.3, 0.4) is 0 Å². The number of nitrogens with two attached hydrogens (primary N) is 2. The number of rotatable bonds is 7. The van der Waals surface area contributed by atoms with Crippen molar-refractivity contribution in [3.05, 3.63) is 56.9 Å². The lowest BCUT2D eigenvalue weighted by molar-refractivity contribution is -0.143. The van der Waals surface area contributed by atoms with Crippen molar-refractivity contribution in [2.75, 3.05) is 30.3 Å². The number of para-hydroxylation sites is 1. The Bertz CT molecular complexity index is 1770. The van der Waals surface area contributed by atoms with E-state index in [1.807, 2.05) is 23.1 Å². The Morgan fingerprint density at radius 2 is 1.98 bits per heavy atom. The lowest BCUT2D eigenvalue weighted by atomic mass is 10.1. The molecule has 0 radical (unpaired) electrons. The molecule has 4 N–H and O–H groups in total. The van der Waals surface area contributed by atoms with Crippen LogP contribution in [-0.2, 0) is 29.2 Å². The maximum absolute atomic E-state index is 14.0. The lowest BCUT2D eigenvalue weighted by Gasteiger charge is -2.31. The molecule has 1 fully saturated rings. The van der Waals surface area contributed by atoms with Gasteiger partial charge in [0.15, 0.2) is 11.2 Å². The Hall–Kier alpha value is -4.63. The fourth-order valence-corrected chi connectivity index (χ4v) is 5.10. The number of anilines is 2. The molecule has 12 nitrogen and oxygen atoms in total. The van der Waals surface area contributed by atoms with Crippen molar-refractivity contribution in [1.29, 1.82) is 0 Å². The third kappa shape index (κ3) is 5.03. The first-order valence-electron chi connectivity index (χ1n) is 13.3. The van der Waals surface area contributed by atoms with Crippen LogP contribution in [0.15, 0.2) is 39.9 Å². The van der Waals surface area contributed by atoms with Crippen LogP contribution in [0, 0.1) is 11.8 Å². The average Bonchev–Trinajstić information content (AvgIpc) is 3.32. The standard InChI is InChI=1S/C28H32N8O4/c1-3-5-14-34-24-25(32-27(34)33-13-7-9-19(29)15-33)35(17-22(37)40-4-2)28(39)36(26(24)38)16-20-12-11-18-8-6-10-21(30)23(18)31-20/h6,8,10-12,19H,4,7,9,13-17,29-30H2,1-2H3. The molecule has 12 heteroatoms. The van der Waals surface area contributed by atoms with Gasteiger partial charge in [0.25, 0.3) is 5.56 Å². The predicted molar refractivity (Wildman–Crippen MR) is 153 cm³/mol. The van der Waals surface area contributed by atoms with Crippen molar-refractivity contribution >= 4 is 39.7 Å². The zero-order valence-electron chi connectivity index (χ0n) is 22.6. The molecule has 4 aromatic rings. The number of aromatic nitrogens is 5. The van der Waals surface area contributed by atoms with Gasteiger partial charge in [-0.2, -0.15) is 4.98 Å². The van der Waals surface area contributed by atoms with Crippen LogP contribution < -0.4 is 27.6 Å². The Balaban J connectivity index is 1.74. The Labute approximate surface area is 230 Å². The molecule has 1 saturated heterocycles. The van der Waals surface area contributed by atoms with Crippen molar-refractivity contribution in [2.45, 2.75) is 52.4 Å². The molecule has 4 heterocycles. The fraction of sp³-hybridized carbons (Fsp3) is 0.393. The molecule has 0 saturated carbocycles. The Morgan fingerprint density at radius 1 is 1.15 bits per heavy atom. The zero-order valence-corrected chi connectivity index (χ0v) is 22.6. The number of carbonyl (C=O) groups excluding carboxylic acids is 1. The van der Waals surface area contributed by atoms with E-state index in [2.05, 4.69) is 16.8 Å². The molecule has 0 bridgehead atoms. The third-order valence-electron chi connectivity index (χ3n) is 6.97. The summed E-state index contributed by atoms with van der Waals surface area (Å²) in [5.74, 6) is 5.75. The highest BCUT2D eigenvalue weighted by molar-refractivity contribution is 5.89. The van der Waals surface area contributed by atoms with E-state index in [1.54, 1.807) is 30.5 Å². The topological polar surface area (TPSA) is 156 Å². The van der Waals surface area contributed by atoms with E-state index in [1.165, 1.54) is 4.57 Å². The van der Waals surface area contributed by atoms with Gasteiger partial charge in [-0.25, -0.2) is 9.78 Å². The SMILES string of the molecule is CC#CCn1c(N2CCCC(N)C2)nc2c1c(=O)n(Cc1ccc3cccc(N)c3n1)c(=O)n2CC(=O)OCC. The van der Waals surface area contributed by atoms with Crippen LogP contribution in [0.2, 0.25) is 0 Å². The highest BCUT2D eigenvalue weighted by atomic mass is 16.5. The van der Waals surface area contributed by atoms with E-state index in [-0.39, 0.29) is 36.9 Å². The monoisotopic (exact) mass is 544 g/mol. The van der Waals surface area contributed by atoms with Gasteiger partial charge >= 0.3 is 11.7 Å². The summed E-state index contributed by atoms with van der Waals surface area (Å²) >= 11 is 0. The van der Waals surface area contributed by atoms with Crippen LogP contribution in [0.1, 0.15) is 32.4 Å². The van der Waals surface area contributed by atoms with E-state index in [0.29, 0.717) is 35.9 Å². The summed E-state index contributed by atoms with van der Waals surface area (Å²) in [5, 5.41) is 0.840. The molecule has 0 aliphatic carbocycles. The fourth-order valence-electron chi connectivity index (χ4n) is 5.10. The number of fused-ring (bicyclic) bond motifs is 2. The van der Waals surface area contributed by atoms with Crippen molar-refractivity contribution < 1.29 is 9.53 Å². The second-order valence-corrected chi connectivity index (χ2v) is 9.73. The number of imidazole rings is 1. The second kappa shape index (κ2) is 11.2. The number of pyridine rings is 1. The maximum Gasteiger partial charge on any atom is 0.333 e. The van der Waals surface area contributed by atoms with E-state index in [0.717, 1.165) is 22.8 Å². The minimum absolute atomic E-state index is 0.0518. The number of nitrogen functional groups attached to an aromatic ring is 1. The molecule has 0 amide bonds. The van der Waals surface area contributed by atoms with Crippen LogP contribution >= 0.6 is 0 Å². The number of ether oxygens (including phenoxy) is 1. The van der Waals surface area contributed by atoms with Crippen LogP contribution in [-0.4, -0.2) is 55.4 Å². The molecule has 1 atom stereocenters. The van der Waals surface area contributed by atoms with Gasteiger partial charge in [-0.3, -0.25) is 23.3 Å². The number of carbonyl (C=O) groups is 1. The highest BCUT2D eigenvalue weighted by Crippen LogP contribution is 2.24. The van der Waals surface area contributed by atoms with Gasteiger partial charge < -0.3 is 21.1 Å². The van der Waals surface area contributed by atoms with E-state index in [4.69, 9.17) is 21.2 Å². The maximum atomic E-state index is 14.0. The zero-order chi connectivity index (χ0) is 28.4. The summed E-state index contributed by atoms with van der Waals surface area (Å²) < 4.78 is 9.10. The van der Waals surface area contributed by atoms with Gasteiger partial charge in [-0.15, -0.1) is 5.92 Å². The van der Waals surface area contributed by atoms with E-state index < -0.39 is 23.8 Å². The quantitative estimate of drug-likeness (QED) is 0.197. The molecule has 0 spiro atoms. The predicted octanol–water partition coefficient (Wildman–Crippen LogP) is 1.05. The first kappa shape index (κ1) is 27.0. The summed E-state index contributed by atoms with van der Waals surface area (Å²) in [6.07, 6.45) is 1.75. The van der Waals surface area contributed by atoms with Gasteiger partial charge in [0.05, 0.1) is 36.6 Å². The summed E-state index contributed by atoms with van der Waals surface area (Å²) in [6.45, 7) is 4.41. The minimum Gasteiger partial charge on any atom is -0.465 e. The summed E-state index contributed by atoms with van der Waals surface area (Å²) in [5.41, 5.74) is 12.9. The molecular formula is C28H32N8O4. The molecule has 1 unspecified atom stereocenters. The van der Waals surface area contributed by atoms with Gasteiger partial charge in [0, 0.05) is 24.5 Å². The molecule has 40 heavy (non-hydrogen) atoms. The van der Waals surface area contributed by atoms with Gasteiger partial charge in [0.2, 0.25) is 5.95 Å². The minimum atomic E-state index is -0.693. The van der Waals surface area contributed by atoms with Crippen LogP contribution in [0.4, 0.5) is 11.6 Å². The first-order valence-corrected chi connectivity index (χ1v) is 13.3. The molecule has 5 rings (SSSR count). The summed E-state index contributed by atoms with van der Waals surface area (Å²) in [7, 11) is 0. The number of esters is 1. The largest absolute Gasteiger partial charge is 0.465 e. The normalized spacial score (nSPS) is 15.3. The lowest BCUT2D eigenvalue weighted by Crippen LogP contribution is -2.44. The number of hydrogen-bond donors (Lipinski definition) is 2. The summed E-state index contributed by atoms with van der Waals surface area (Å²) in [6, 6.07) is 8.99. The van der Waals surface area contributed by atoms with Crippen LogP contribution in [0.25, 0.3) is 22.1 Å². The summed E-state index contributed by atoms with van der Waals surface area (Å²) in [4.78, 5) is 51.7. The average molecular weight is 545 g/mol. The number of hydrogen-bond acceptors (Lipinski definition) is 9. The molecule has 1 aliphatic rings.